The number of benzene rings is 1. The average Bonchev–Trinajstić information content (AvgIpc) is 2.25. The number of carbonyl (C=O) groups excluding carboxylic acids is 1. The zero-order chi connectivity index (χ0) is 11.3. The molecule has 0 fully saturated rings. The largest absolute Gasteiger partial charge is 1.00 e. The van der Waals surface area contributed by atoms with Crippen LogP contribution in [0.5, 0.6) is 0 Å². The van der Waals surface area contributed by atoms with Crippen molar-refractivity contribution in [2.45, 2.75) is 6.61 Å². The number of hydrogen-bond acceptors (Lipinski definition) is 5. The van der Waals surface area contributed by atoms with Crippen LogP contribution in [0, 0.1) is 0 Å². The van der Waals surface area contributed by atoms with Crippen molar-refractivity contribution in [3.05, 3.63) is 35.4 Å². The molecule has 0 aliphatic rings. The molecule has 0 bridgehead atoms. The number of aliphatic hydroxyl groups excluding tert-OH is 1. The molecule has 0 radical (unpaired) electrons. The number of nitrogens with zero attached hydrogens (tertiary/aromatic N) is 1. The summed E-state index contributed by atoms with van der Waals surface area (Å²) in [6.07, 6.45) is 0. The second-order valence-electron chi connectivity index (χ2n) is 2.73. The Hall–Kier alpha value is -0.880. The Kier molecular flexibility index (Phi) is 7.00. The van der Waals surface area contributed by atoms with E-state index in [-0.39, 0.29) is 41.9 Å². The molecule has 0 aromatic heterocycles. The van der Waals surface area contributed by atoms with E-state index < -0.39 is 5.97 Å². The first-order valence-corrected chi connectivity index (χ1v) is 4.22. The van der Waals surface area contributed by atoms with Gasteiger partial charge in [0.2, 0.25) is 0 Å². The monoisotopic (exact) mass is 231 g/mol. The van der Waals surface area contributed by atoms with E-state index in [1.54, 1.807) is 18.2 Å². The molecule has 0 heterocycles. The number of carboxylic acids is 1. The maximum atomic E-state index is 10.8. The zero-order valence-electron chi connectivity index (χ0n) is 9.14. The second kappa shape index (κ2) is 7.40. The van der Waals surface area contributed by atoms with E-state index in [0.717, 1.165) is 0 Å². The van der Waals surface area contributed by atoms with Gasteiger partial charge in [0.15, 0.2) is 0 Å². The second-order valence-corrected chi connectivity index (χ2v) is 2.73. The fraction of sp³-hybridized carbons (Fsp3) is 0.200. The van der Waals surface area contributed by atoms with Crippen LogP contribution in [0.2, 0.25) is 0 Å². The summed E-state index contributed by atoms with van der Waals surface area (Å²) in [5, 5.41) is 23.1. The van der Waals surface area contributed by atoms with Crippen LogP contribution >= 0.6 is 0 Å². The van der Waals surface area contributed by atoms with Gasteiger partial charge in [0.05, 0.1) is 12.6 Å². The summed E-state index contributed by atoms with van der Waals surface area (Å²) in [6.45, 7) is -0.272. The van der Waals surface area contributed by atoms with Crippen molar-refractivity contribution in [3.63, 3.8) is 0 Å². The van der Waals surface area contributed by atoms with Crippen LogP contribution in [0.4, 0.5) is 0 Å². The summed E-state index contributed by atoms with van der Waals surface area (Å²) < 4.78 is 0. The molecule has 0 atom stereocenters. The molecule has 0 aliphatic carbocycles. The summed E-state index contributed by atoms with van der Waals surface area (Å²) in [7, 11) is 1.24. The van der Waals surface area contributed by atoms with Crippen molar-refractivity contribution in [2.24, 2.45) is 5.16 Å². The van der Waals surface area contributed by atoms with Crippen molar-refractivity contribution >= 4 is 11.7 Å². The van der Waals surface area contributed by atoms with E-state index in [1.165, 1.54) is 13.2 Å². The van der Waals surface area contributed by atoms with Gasteiger partial charge < -0.3 is 19.8 Å². The summed E-state index contributed by atoms with van der Waals surface area (Å²) in [4.78, 5) is 15.2. The van der Waals surface area contributed by atoms with Crippen molar-refractivity contribution in [1.29, 1.82) is 0 Å². The maximum absolute atomic E-state index is 10.8. The zero-order valence-corrected chi connectivity index (χ0v) is 11.1. The molecule has 0 amide bonds. The van der Waals surface area contributed by atoms with Gasteiger partial charge in [0.1, 0.15) is 12.8 Å². The summed E-state index contributed by atoms with van der Waals surface area (Å²) in [5.41, 5.74) is 0.418. The minimum Gasteiger partial charge on any atom is -0.543 e. The molecule has 80 valence electrons. The molecular formula is C10H10NNaO4. The van der Waals surface area contributed by atoms with E-state index in [1.807, 2.05) is 0 Å². The molecule has 0 saturated heterocycles. The third kappa shape index (κ3) is 3.61. The van der Waals surface area contributed by atoms with Crippen molar-refractivity contribution < 1.29 is 49.4 Å². The van der Waals surface area contributed by atoms with Crippen LogP contribution in [0.3, 0.4) is 0 Å². The molecule has 0 aliphatic heterocycles. The van der Waals surface area contributed by atoms with E-state index in [2.05, 4.69) is 9.99 Å². The van der Waals surface area contributed by atoms with Crippen LogP contribution in [0.1, 0.15) is 11.1 Å². The van der Waals surface area contributed by atoms with E-state index >= 15 is 0 Å². The number of aliphatic carboxylic acids is 1. The van der Waals surface area contributed by atoms with E-state index in [9.17, 15) is 9.90 Å². The number of carboxylic acid groups (broad SMARTS) is 1. The molecule has 1 rings (SSSR count). The van der Waals surface area contributed by atoms with Crippen LogP contribution in [0.25, 0.3) is 0 Å². The third-order valence-electron chi connectivity index (χ3n) is 1.82. The summed E-state index contributed by atoms with van der Waals surface area (Å²) >= 11 is 0. The van der Waals surface area contributed by atoms with Gasteiger partial charge in [0.25, 0.3) is 0 Å². The van der Waals surface area contributed by atoms with E-state index in [4.69, 9.17) is 5.11 Å². The first-order chi connectivity index (χ1) is 7.20. The van der Waals surface area contributed by atoms with Gasteiger partial charge in [-0.2, -0.15) is 0 Å². The average molecular weight is 231 g/mol. The molecule has 1 N–H and O–H groups in total. The third-order valence-corrected chi connectivity index (χ3v) is 1.82. The Bertz CT molecular complexity index is 392. The number of rotatable bonds is 4. The molecule has 0 unspecified atom stereocenters. The van der Waals surface area contributed by atoms with Crippen LogP contribution in [-0.4, -0.2) is 23.9 Å². The minimum atomic E-state index is -1.45. The molecule has 0 spiro atoms. The molecule has 1 aromatic rings. The fourth-order valence-corrected chi connectivity index (χ4v) is 1.18. The standard InChI is InChI=1S/C10H11NO4.Na/c1-15-11-9(10(13)14)8-5-3-2-4-7(8)6-12;/h2-5,12H,6H2,1H3,(H,13,14);/q;+1/p-1/b11-9+;. The Morgan fingerprint density at radius 3 is 2.62 bits per heavy atom. The maximum Gasteiger partial charge on any atom is 1.00 e. The Labute approximate surface area is 115 Å². The van der Waals surface area contributed by atoms with Gasteiger partial charge >= 0.3 is 29.6 Å². The molecule has 5 nitrogen and oxygen atoms in total. The topological polar surface area (TPSA) is 82.0 Å². The van der Waals surface area contributed by atoms with Crippen molar-refractivity contribution in [2.75, 3.05) is 7.11 Å². The molecular weight excluding hydrogens is 221 g/mol. The predicted molar refractivity (Wildman–Crippen MR) is 50.9 cm³/mol. The fourth-order valence-electron chi connectivity index (χ4n) is 1.18. The Morgan fingerprint density at radius 2 is 2.12 bits per heavy atom. The minimum absolute atomic E-state index is 0. The Balaban J connectivity index is 0.00000225. The number of oxime groups is 1. The van der Waals surface area contributed by atoms with Crippen molar-refractivity contribution in [3.8, 4) is 0 Å². The van der Waals surface area contributed by atoms with Gasteiger partial charge in [0, 0.05) is 5.56 Å². The first-order valence-electron chi connectivity index (χ1n) is 4.22. The first kappa shape index (κ1) is 15.1. The molecule has 16 heavy (non-hydrogen) atoms. The predicted octanol–water partition coefficient (Wildman–Crippen LogP) is -3.72. The van der Waals surface area contributed by atoms with Crippen LogP contribution < -0.4 is 34.7 Å². The smallest absolute Gasteiger partial charge is 0.543 e. The number of aliphatic hydroxyl groups is 1. The Morgan fingerprint density at radius 1 is 1.50 bits per heavy atom. The number of carbonyl (C=O) groups is 1. The quantitative estimate of drug-likeness (QED) is 0.328. The van der Waals surface area contributed by atoms with Gasteiger partial charge in [-0.1, -0.05) is 29.4 Å². The SMILES string of the molecule is CO/N=C(/C(=O)[O-])c1ccccc1CO.[Na+]. The normalized spacial score (nSPS) is 10.5. The van der Waals surface area contributed by atoms with Gasteiger partial charge in [-0.05, 0) is 5.56 Å². The van der Waals surface area contributed by atoms with Gasteiger partial charge in [-0.15, -0.1) is 0 Å². The molecule has 1 aromatic carbocycles. The van der Waals surface area contributed by atoms with E-state index in [0.29, 0.717) is 11.1 Å². The molecule has 0 saturated carbocycles. The summed E-state index contributed by atoms with van der Waals surface area (Å²) in [6, 6.07) is 6.46. The van der Waals surface area contributed by atoms with Crippen LogP contribution in [-0.2, 0) is 16.2 Å². The van der Waals surface area contributed by atoms with Crippen LogP contribution in [0.15, 0.2) is 29.4 Å². The number of hydrogen-bond donors (Lipinski definition) is 1. The van der Waals surface area contributed by atoms with Crippen molar-refractivity contribution in [1.82, 2.24) is 0 Å². The van der Waals surface area contributed by atoms with Gasteiger partial charge in [-0.3, -0.25) is 0 Å². The molecule has 6 heteroatoms. The summed E-state index contributed by atoms with van der Waals surface area (Å²) in [5.74, 6) is -1.45. The van der Waals surface area contributed by atoms with Gasteiger partial charge in [-0.25, -0.2) is 0 Å².